The average molecular weight is 210 g/mol. The normalized spacial score (nSPS) is 33.8. The van der Waals surface area contributed by atoms with Crippen molar-refractivity contribution in [1.82, 2.24) is 10.2 Å². The lowest BCUT2D eigenvalue weighted by atomic mass is 9.93. The van der Waals surface area contributed by atoms with Gasteiger partial charge in [-0.3, -0.25) is 0 Å². The summed E-state index contributed by atoms with van der Waals surface area (Å²) < 4.78 is 0. The van der Waals surface area contributed by atoms with Crippen LogP contribution in [0.4, 0.5) is 0 Å². The smallest absolute Gasteiger partial charge is 0.00923 e. The summed E-state index contributed by atoms with van der Waals surface area (Å²) in [4.78, 5) is 2.63. The molecule has 1 aliphatic carbocycles. The molecule has 1 heterocycles. The number of rotatable bonds is 3. The fourth-order valence-electron chi connectivity index (χ4n) is 3.20. The second-order valence-electron chi connectivity index (χ2n) is 5.52. The Kier molecular flexibility index (Phi) is 4.04. The van der Waals surface area contributed by atoms with Crippen LogP contribution >= 0.6 is 0 Å². The Balaban J connectivity index is 1.77. The van der Waals surface area contributed by atoms with Gasteiger partial charge in [0.1, 0.15) is 0 Å². The number of nitrogens with zero attached hydrogens (tertiary/aromatic N) is 1. The molecule has 88 valence electrons. The van der Waals surface area contributed by atoms with Crippen LogP contribution in [-0.2, 0) is 0 Å². The van der Waals surface area contributed by atoms with Crippen LogP contribution in [0.1, 0.15) is 45.4 Å². The summed E-state index contributed by atoms with van der Waals surface area (Å²) in [6.45, 7) is 4.87. The van der Waals surface area contributed by atoms with Crippen molar-refractivity contribution in [3.63, 3.8) is 0 Å². The molecule has 0 bridgehead atoms. The Morgan fingerprint density at radius 1 is 1.13 bits per heavy atom. The van der Waals surface area contributed by atoms with Gasteiger partial charge >= 0.3 is 0 Å². The molecule has 1 saturated carbocycles. The van der Waals surface area contributed by atoms with Crippen LogP contribution < -0.4 is 5.32 Å². The Morgan fingerprint density at radius 2 is 1.87 bits per heavy atom. The number of hydrogen-bond donors (Lipinski definition) is 1. The molecule has 2 heteroatoms. The SMILES string of the molecule is CC1NCCC1CN(C)C1CCCCC1. The summed E-state index contributed by atoms with van der Waals surface area (Å²) in [6.07, 6.45) is 8.61. The van der Waals surface area contributed by atoms with E-state index in [4.69, 9.17) is 0 Å². The molecule has 2 aliphatic rings. The standard InChI is InChI=1S/C13H26N2/c1-11-12(8-9-14-11)10-15(2)13-6-4-3-5-7-13/h11-14H,3-10H2,1-2H3. The van der Waals surface area contributed by atoms with Crippen molar-refractivity contribution in [2.24, 2.45) is 5.92 Å². The molecule has 1 saturated heterocycles. The van der Waals surface area contributed by atoms with E-state index in [0.717, 1.165) is 18.0 Å². The molecule has 0 aromatic rings. The molecule has 0 radical (unpaired) electrons. The van der Waals surface area contributed by atoms with E-state index in [0.29, 0.717) is 0 Å². The van der Waals surface area contributed by atoms with Crippen molar-refractivity contribution < 1.29 is 0 Å². The zero-order valence-corrected chi connectivity index (χ0v) is 10.3. The predicted octanol–water partition coefficient (Wildman–Crippen LogP) is 2.25. The maximum absolute atomic E-state index is 3.55. The molecule has 2 atom stereocenters. The second-order valence-corrected chi connectivity index (χ2v) is 5.52. The first-order valence-corrected chi connectivity index (χ1v) is 6.71. The summed E-state index contributed by atoms with van der Waals surface area (Å²) in [5, 5.41) is 3.55. The molecular weight excluding hydrogens is 184 g/mol. The van der Waals surface area contributed by atoms with Crippen molar-refractivity contribution in [3.05, 3.63) is 0 Å². The van der Waals surface area contributed by atoms with E-state index in [1.165, 1.54) is 51.6 Å². The van der Waals surface area contributed by atoms with Crippen molar-refractivity contribution in [2.45, 2.75) is 57.5 Å². The first-order chi connectivity index (χ1) is 7.27. The van der Waals surface area contributed by atoms with Crippen LogP contribution in [0.3, 0.4) is 0 Å². The molecule has 15 heavy (non-hydrogen) atoms. The van der Waals surface area contributed by atoms with Crippen LogP contribution in [0.25, 0.3) is 0 Å². The highest BCUT2D eigenvalue weighted by Crippen LogP contribution is 2.24. The molecular formula is C13H26N2. The summed E-state index contributed by atoms with van der Waals surface area (Å²) >= 11 is 0. The van der Waals surface area contributed by atoms with Crippen molar-refractivity contribution in [2.75, 3.05) is 20.1 Å². The van der Waals surface area contributed by atoms with Gasteiger partial charge in [-0.05, 0) is 45.7 Å². The average Bonchev–Trinajstić information content (AvgIpc) is 2.66. The zero-order chi connectivity index (χ0) is 10.7. The number of nitrogens with one attached hydrogen (secondary N) is 1. The van der Waals surface area contributed by atoms with E-state index in [1.54, 1.807) is 0 Å². The quantitative estimate of drug-likeness (QED) is 0.768. The largest absolute Gasteiger partial charge is 0.314 e. The van der Waals surface area contributed by atoms with Gasteiger partial charge < -0.3 is 10.2 Å². The van der Waals surface area contributed by atoms with Crippen molar-refractivity contribution >= 4 is 0 Å². The van der Waals surface area contributed by atoms with Gasteiger partial charge in [-0.15, -0.1) is 0 Å². The Labute approximate surface area is 94.4 Å². The second kappa shape index (κ2) is 5.31. The van der Waals surface area contributed by atoms with Gasteiger partial charge in [0.15, 0.2) is 0 Å². The van der Waals surface area contributed by atoms with Gasteiger partial charge in [0.25, 0.3) is 0 Å². The van der Waals surface area contributed by atoms with E-state index in [-0.39, 0.29) is 0 Å². The molecule has 1 aliphatic heterocycles. The molecule has 2 unspecified atom stereocenters. The van der Waals surface area contributed by atoms with E-state index < -0.39 is 0 Å². The minimum Gasteiger partial charge on any atom is -0.314 e. The molecule has 1 N–H and O–H groups in total. The van der Waals surface area contributed by atoms with Crippen LogP contribution in [-0.4, -0.2) is 37.1 Å². The summed E-state index contributed by atoms with van der Waals surface area (Å²) in [7, 11) is 2.33. The molecule has 0 spiro atoms. The third-order valence-corrected chi connectivity index (χ3v) is 4.41. The molecule has 0 aromatic heterocycles. The third kappa shape index (κ3) is 2.94. The number of hydrogen-bond acceptors (Lipinski definition) is 2. The van der Waals surface area contributed by atoms with Crippen molar-refractivity contribution in [1.29, 1.82) is 0 Å². The molecule has 2 fully saturated rings. The summed E-state index contributed by atoms with van der Waals surface area (Å²) in [6, 6.07) is 1.61. The topological polar surface area (TPSA) is 15.3 Å². The zero-order valence-electron chi connectivity index (χ0n) is 10.3. The maximum atomic E-state index is 3.55. The first kappa shape index (κ1) is 11.4. The third-order valence-electron chi connectivity index (χ3n) is 4.41. The molecule has 2 rings (SSSR count). The lowest BCUT2D eigenvalue weighted by molar-refractivity contribution is 0.162. The predicted molar refractivity (Wildman–Crippen MR) is 65.1 cm³/mol. The van der Waals surface area contributed by atoms with Crippen LogP contribution in [0.2, 0.25) is 0 Å². The Morgan fingerprint density at radius 3 is 2.47 bits per heavy atom. The fraction of sp³-hybridized carbons (Fsp3) is 1.00. The lowest BCUT2D eigenvalue weighted by Gasteiger charge is -2.33. The van der Waals surface area contributed by atoms with Gasteiger partial charge in [0, 0.05) is 18.6 Å². The van der Waals surface area contributed by atoms with Gasteiger partial charge in [0.05, 0.1) is 0 Å². The highest BCUT2D eigenvalue weighted by molar-refractivity contribution is 4.84. The molecule has 0 aromatic carbocycles. The highest BCUT2D eigenvalue weighted by atomic mass is 15.1. The van der Waals surface area contributed by atoms with E-state index in [2.05, 4.69) is 24.2 Å². The van der Waals surface area contributed by atoms with Gasteiger partial charge in [0.2, 0.25) is 0 Å². The van der Waals surface area contributed by atoms with E-state index in [9.17, 15) is 0 Å². The first-order valence-electron chi connectivity index (χ1n) is 6.71. The van der Waals surface area contributed by atoms with E-state index in [1.807, 2.05) is 0 Å². The van der Waals surface area contributed by atoms with E-state index >= 15 is 0 Å². The Hall–Kier alpha value is -0.0800. The van der Waals surface area contributed by atoms with Gasteiger partial charge in [-0.1, -0.05) is 19.3 Å². The fourth-order valence-corrected chi connectivity index (χ4v) is 3.20. The van der Waals surface area contributed by atoms with Gasteiger partial charge in [-0.25, -0.2) is 0 Å². The summed E-state index contributed by atoms with van der Waals surface area (Å²) in [5.74, 6) is 0.886. The minimum absolute atomic E-state index is 0.732. The molecule has 0 amide bonds. The van der Waals surface area contributed by atoms with Crippen molar-refractivity contribution in [3.8, 4) is 0 Å². The Bertz CT molecular complexity index is 187. The lowest BCUT2D eigenvalue weighted by Crippen LogP contribution is -2.39. The van der Waals surface area contributed by atoms with Gasteiger partial charge in [-0.2, -0.15) is 0 Å². The van der Waals surface area contributed by atoms with Crippen LogP contribution in [0.15, 0.2) is 0 Å². The maximum Gasteiger partial charge on any atom is 0.00923 e. The van der Waals surface area contributed by atoms with Crippen LogP contribution in [0, 0.1) is 5.92 Å². The monoisotopic (exact) mass is 210 g/mol. The van der Waals surface area contributed by atoms with Crippen LogP contribution in [0.5, 0.6) is 0 Å². The summed E-state index contributed by atoms with van der Waals surface area (Å²) in [5.41, 5.74) is 0. The molecule has 2 nitrogen and oxygen atoms in total. The highest BCUT2D eigenvalue weighted by Gasteiger charge is 2.26. The minimum atomic E-state index is 0.732.